The summed E-state index contributed by atoms with van der Waals surface area (Å²) >= 11 is 0. The molecule has 12 nitrogen and oxygen atoms in total. The zero-order chi connectivity index (χ0) is 30.9. The van der Waals surface area contributed by atoms with Gasteiger partial charge in [0, 0.05) is 41.3 Å². The number of hydrogen-bond acceptors (Lipinski definition) is 10. The third-order valence-corrected chi connectivity index (χ3v) is 7.08. The van der Waals surface area contributed by atoms with Crippen LogP contribution in [0.5, 0.6) is 11.6 Å². The molecule has 1 atom stereocenters. The van der Waals surface area contributed by atoms with Crippen LogP contribution in [0.3, 0.4) is 0 Å². The van der Waals surface area contributed by atoms with Crippen LogP contribution in [0.1, 0.15) is 63.0 Å². The van der Waals surface area contributed by atoms with E-state index in [0.29, 0.717) is 22.5 Å². The van der Waals surface area contributed by atoms with E-state index in [2.05, 4.69) is 9.97 Å². The molecule has 2 aliphatic rings. The molecule has 0 bridgehead atoms. The number of amides is 1. The molecule has 2 N–H and O–H groups in total. The van der Waals surface area contributed by atoms with Crippen molar-refractivity contribution in [3.8, 4) is 11.6 Å². The highest BCUT2D eigenvalue weighted by atomic mass is 16.6. The van der Waals surface area contributed by atoms with E-state index in [1.54, 1.807) is 58.2 Å². The van der Waals surface area contributed by atoms with E-state index in [9.17, 15) is 19.2 Å². The summed E-state index contributed by atoms with van der Waals surface area (Å²) in [5.74, 6) is -0.104. The summed E-state index contributed by atoms with van der Waals surface area (Å²) in [6, 6.07) is 6.05. The quantitative estimate of drug-likeness (QED) is 0.297. The van der Waals surface area contributed by atoms with Gasteiger partial charge in [0.05, 0.1) is 30.8 Å². The molecule has 12 heteroatoms. The molecule has 1 aliphatic carbocycles. The van der Waals surface area contributed by atoms with Crippen molar-refractivity contribution in [1.82, 2.24) is 19.4 Å². The number of nitrogens with zero attached hydrogens (tertiary/aromatic N) is 4. The molecule has 1 aromatic carbocycles. The SMILES string of the molecule is CCOC(=O)C1Cc2c(ncnc2Oc2ccc3c(ccn3C(=O)CC(N)=CC(=O)C3CC3)c2)CN1C(=O)OC(C)(C)C. The lowest BCUT2D eigenvalue weighted by atomic mass is 9.98. The summed E-state index contributed by atoms with van der Waals surface area (Å²) in [6.45, 7) is 7.12. The van der Waals surface area contributed by atoms with E-state index in [1.165, 1.54) is 21.9 Å². The van der Waals surface area contributed by atoms with Crippen molar-refractivity contribution in [3.05, 3.63) is 59.8 Å². The lowest BCUT2D eigenvalue weighted by Gasteiger charge is -2.35. The molecule has 0 radical (unpaired) electrons. The van der Waals surface area contributed by atoms with Crippen molar-refractivity contribution in [1.29, 1.82) is 0 Å². The van der Waals surface area contributed by atoms with E-state index >= 15 is 0 Å². The molecule has 1 unspecified atom stereocenters. The number of allylic oxidation sites excluding steroid dienone is 2. The van der Waals surface area contributed by atoms with Crippen LogP contribution in [0.25, 0.3) is 10.9 Å². The summed E-state index contributed by atoms with van der Waals surface area (Å²) < 4.78 is 18.4. The van der Waals surface area contributed by atoms with Gasteiger partial charge in [-0.25, -0.2) is 19.6 Å². The molecule has 5 rings (SSSR count). The van der Waals surface area contributed by atoms with Crippen LogP contribution < -0.4 is 10.5 Å². The summed E-state index contributed by atoms with van der Waals surface area (Å²) in [6.07, 6.45) is 5.46. The van der Waals surface area contributed by atoms with Gasteiger partial charge in [0.25, 0.3) is 0 Å². The first kappa shape index (κ1) is 29.7. The lowest BCUT2D eigenvalue weighted by molar-refractivity contribution is -0.150. The van der Waals surface area contributed by atoms with Gasteiger partial charge in [-0.1, -0.05) is 0 Å². The van der Waals surface area contributed by atoms with Gasteiger partial charge in [-0.15, -0.1) is 0 Å². The van der Waals surface area contributed by atoms with Gasteiger partial charge in [0.15, 0.2) is 5.78 Å². The second kappa shape index (κ2) is 11.9. The Labute approximate surface area is 248 Å². The molecular formula is C31H35N5O7. The maximum absolute atomic E-state index is 13.0. The number of carbonyl (C=O) groups excluding carboxylic acids is 4. The fourth-order valence-corrected chi connectivity index (χ4v) is 4.89. The Morgan fingerprint density at radius 2 is 1.88 bits per heavy atom. The first-order valence-corrected chi connectivity index (χ1v) is 14.2. The molecular weight excluding hydrogens is 554 g/mol. The number of rotatable bonds is 8. The molecule has 1 aliphatic heterocycles. The van der Waals surface area contributed by atoms with Gasteiger partial charge in [-0.05, 0) is 64.8 Å². The fourth-order valence-electron chi connectivity index (χ4n) is 4.89. The average Bonchev–Trinajstić information content (AvgIpc) is 3.71. The average molecular weight is 590 g/mol. The largest absolute Gasteiger partial charge is 0.464 e. The molecule has 3 aromatic rings. The van der Waals surface area contributed by atoms with Crippen LogP contribution in [0.4, 0.5) is 4.79 Å². The second-order valence-electron chi connectivity index (χ2n) is 11.7. The van der Waals surface area contributed by atoms with Crippen molar-refractivity contribution in [3.63, 3.8) is 0 Å². The summed E-state index contributed by atoms with van der Waals surface area (Å²) in [5, 5.41) is 0.742. The van der Waals surface area contributed by atoms with Crippen LogP contribution in [-0.4, -0.2) is 61.4 Å². The Bertz CT molecular complexity index is 1620. The van der Waals surface area contributed by atoms with Crippen molar-refractivity contribution >= 4 is 34.7 Å². The number of ether oxygens (including phenoxy) is 3. The molecule has 1 amide bonds. The fraction of sp³-hybridized carbons (Fsp3) is 0.419. The number of esters is 1. The van der Waals surface area contributed by atoms with E-state index in [4.69, 9.17) is 19.9 Å². The zero-order valence-electron chi connectivity index (χ0n) is 24.7. The molecule has 3 heterocycles. The van der Waals surface area contributed by atoms with Gasteiger partial charge in [-0.2, -0.15) is 0 Å². The first-order valence-electron chi connectivity index (χ1n) is 14.2. The number of aromatic nitrogens is 3. The van der Waals surface area contributed by atoms with Crippen molar-refractivity contribution in [2.24, 2.45) is 11.7 Å². The van der Waals surface area contributed by atoms with Gasteiger partial charge in [0.1, 0.15) is 23.7 Å². The molecule has 43 heavy (non-hydrogen) atoms. The predicted octanol–water partition coefficient (Wildman–Crippen LogP) is 4.30. The lowest BCUT2D eigenvalue weighted by Crippen LogP contribution is -2.51. The van der Waals surface area contributed by atoms with Gasteiger partial charge in [-0.3, -0.25) is 19.1 Å². The Morgan fingerprint density at radius 3 is 2.58 bits per heavy atom. The molecule has 226 valence electrons. The van der Waals surface area contributed by atoms with E-state index in [-0.39, 0.29) is 55.2 Å². The smallest absolute Gasteiger partial charge is 0.411 e. The van der Waals surface area contributed by atoms with Gasteiger partial charge in [0.2, 0.25) is 11.8 Å². The summed E-state index contributed by atoms with van der Waals surface area (Å²) in [7, 11) is 0. The second-order valence-corrected chi connectivity index (χ2v) is 11.7. The maximum atomic E-state index is 13.0. The van der Waals surface area contributed by atoms with Crippen LogP contribution in [0.2, 0.25) is 0 Å². The number of fused-ring (bicyclic) bond motifs is 2. The van der Waals surface area contributed by atoms with Crippen LogP contribution in [-0.2, 0) is 32.0 Å². The van der Waals surface area contributed by atoms with E-state index in [1.807, 2.05) is 0 Å². The molecule has 0 saturated heterocycles. The topological polar surface area (TPSA) is 156 Å². The van der Waals surface area contributed by atoms with Crippen LogP contribution >= 0.6 is 0 Å². The highest BCUT2D eigenvalue weighted by Crippen LogP contribution is 2.34. The van der Waals surface area contributed by atoms with E-state index in [0.717, 1.165) is 18.2 Å². The molecule has 0 spiro atoms. The summed E-state index contributed by atoms with van der Waals surface area (Å²) in [5.41, 5.74) is 7.22. The Kier molecular flexibility index (Phi) is 8.21. The van der Waals surface area contributed by atoms with Crippen LogP contribution in [0.15, 0.2) is 48.6 Å². The van der Waals surface area contributed by atoms with Crippen molar-refractivity contribution in [2.75, 3.05) is 6.61 Å². The number of hydrogen-bond donors (Lipinski definition) is 1. The Hall–Kier alpha value is -4.74. The minimum absolute atomic E-state index is 0.0143. The monoisotopic (exact) mass is 589 g/mol. The minimum Gasteiger partial charge on any atom is -0.464 e. The molecule has 1 fully saturated rings. The Morgan fingerprint density at radius 1 is 1.12 bits per heavy atom. The number of ketones is 1. The maximum Gasteiger partial charge on any atom is 0.411 e. The van der Waals surface area contributed by atoms with Crippen molar-refractivity contribution in [2.45, 2.75) is 71.6 Å². The molecule has 2 aromatic heterocycles. The number of carbonyl (C=O) groups is 4. The normalized spacial score (nSPS) is 16.9. The Balaban J connectivity index is 1.36. The first-order chi connectivity index (χ1) is 20.4. The predicted molar refractivity (Wildman–Crippen MR) is 155 cm³/mol. The van der Waals surface area contributed by atoms with Gasteiger partial charge >= 0.3 is 12.1 Å². The van der Waals surface area contributed by atoms with Crippen LogP contribution in [0, 0.1) is 5.92 Å². The number of nitrogens with two attached hydrogens (primary N) is 1. The minimum atomic E-state index is -0.945. The molecule has 1 saturated carbocycles. The highest BCUT2D eigenvalue weighted by Gasteiger charge is 2.40. The van der Waals surface area contributed by atoms with Crippen molar-refractivity contribution < 1.29 is 33.4 Å². The standard InChI is InChI=1S/C31H35N5O7/c1-5-41-29(39)25-15-22-23(16-36(25)30(40)43-31(2,3)4)33-17-34-28(22)42-21-8-9-24-19(12-21)10-11-35(24)27(38)14-20(32)13-26(37)18-6-7-18/h8-13,17-18,25H,5-7,14-16,32H2,1-4H3. The highest BCUT2D eigenvalue weighted by molar-refractivity contribution is 5.97. The van der Waals surface area contributed by atoms with E-state index < -0.39 is 23.7 Å². The van der Waals surface area contributed by atoms with Gasteiger partial charge < -0.3 is 19.9 Å². The number of benzene rings is 1. The summed E-state index contributed by atoms with van der Waals surface area (Å²) in [4.78, 5) is 60.8. The zero-order valence-corrected chi connectivity index (χ0v) is 24.7. The third-order valence-electron chi connectivity index (χ3n) is 7.08. The third kappa shape index (κ3) is 6.85.